The van der Waals surface area contributed by atoms with Crippen LogP contribution < -0.4 is 5.32 Å². The van der Waals surface area contributed by atoms with Gasteiger partial charge in [-0.2, -0.15) is 0 Å². The van der Waals surface area contributed by atoms with Crippen molar-refractivity contribution in [1.82, 2.24) is 24.8 Å². The maximum absolute atomic E-state index is 5.94. The van der Waals surface area contributed by atoms with Crippen LogP contribution in [-0.4, -0.2) is 57.2 Å². The van der Waals surface area contributed by atoms with Crippen LogP contribution >= 0.6 is 0 Å². The van der Waals surface area contributed by atoms with Crippen molar-refractivity contribution in [3.8, 4) is 0 Å². The van der Waals surface area contributed by atoms with Gasteiger partial charge in [-0.3, -0.25) is 4.90 Å². The molecule has 0 aliphatic carbocycles. The van der Waals surface area contributed by atoms with Gasteiger partial charge in [-0.05, 0) is 19.4 Å². The van der Waals surface area contributed by atoms with Gasteiger partial charge in [-0.1, -0.05) is 30.3 Å². The number of benzene rings is 1. The highest BCUT2D eigenvalue weighted by Crippen LogP contribution is 2.18. The molecule has 7 nitrogen and oxygen atoms in total. The van der Waals surface area contributed by atoms with Gasteiger partial charge in [0.25, 0.3) is 0 Å². The van der Waals surface area contributed by atoms with E-state index in [1.807, 2.05) is 19.9 Å². The molecule has 27 heavy (non-hydrogen) atoms. The molecule has 1 unspecified atom stereocenters. The number of aromatic nitrogens is 4. The lowest BCUT2D eigenvalue weighted by molar-refractivity contribution is -0.0240. The number of morpholine rings is 1. The largest absolute Gasteiger partial charge is 0.374 e. The third-order valence-electron chi connectivity index (χ3n) is 4.85. The molecule has 140 valence electrons. The molecule has 0 saturated carbocycles. The fraction of sp³-hybridized carbons (Fsp3) is 0.400. The van der Waals surface area contributed by atoms with Crippen LogP contribution in [0.15, 0.2) is 36.7 Å². The highest BCUT2D eigenvalue weighted by atomic mass is 16.5. The van der Waals surface area contributed by atoms with Crippen LogP contribution in [0, 0.1) is 13.8 Å². The molecule has 1 saturated heterocycles. The number of rotatable bonds is 5. The standard InChI is InChI=1S/C20H24N6O/c1-14-15(2)25-20-18(24-14)19(22-13-23-20)21-10-17-12-26(8-9-27-17)11-16-6-4-3-5-7-16/h3-7,13,17H,8-12H2,1-2H3,(H,21,22,23,25). The van der Waals surface area contributed by atoms with Crippen LogP contribution in [-0.2, 0) is 11.3 Å². The van der Waals surface area contributed by atoms with Crippen molar-refractivity contribution in [2.75, 3.05) is 31.6 Å². The lowest BCUT2D eigenvalue weighted by Crippen LogP contribution is -2.44. The molecule has 3 aromatic rings. The molecule has 1 aliphatic heterocycles. The van der Waals surface area contributed by atoms with Crippen LogP contribution in [0.4, 0.5) is 5.82 Å². The molecule has 1 aliphatic rings. The summed E-state index contributed by atoms with van der Waals surface area (Å²) in [5, 5.41) is 3.38. The van der Waals surface area contributed by atoms with E-state index in [0.717, 1.165) is 37.6 Å². The Bertz CT molecular complexity index is 917. The third-order valence-corrected chi connectivity index (χ3v) is 4.85. The fourth-order valence-corrected chi connectivity index (χ4v) is 3.27. The summed E-state index contributed by atoms with van der Waals surface area (Å²) in [7, 11) is 0. The minimum atomic E-state index is 0.104. The van der Waals surface area contributed by atoms with Gasteiger partial charge < -0.3 is 10.1 Å². The summed E-state index contributed by atoms with van der Waals surface area (Å²) in [6, 6.07) is 10.5. The Kier molecular flexibility index (Phi) is 5.22. The van der Waals surface area contributed by atoms with Gasteiger partial charge in [0, 0.05) is 26.2 Å². The maximum atomic E-state index is 5.94. The molecule has 7 heteroatoms. The third kappa shape index (κ3) is 4.20. The van der Waals surface area contributed by atoms with Crippen molar-refractivity contribution in [3.63, 3.8) is 0 Å². The zero-order valence-corrected chi connectivity index (χ0v) is 15.7. The molecule has 1 atom stereocenters. The number of fused-ring (bicyclic) bond motifs is 1. The first-order valence-corrected chi connectivity index (χ1v) is 9.27. The van der Waals surface area contributed by atoms with E-state index < -0.39 is 0 Å². The van der Waals surface area contributed by atoms with E-state index in [9.17, 15) is 0 Å². The zero-order chi connectivity index (χ0) is 18.6. The SMILES string of the molecule is Cc1nc2ncnc(NCC3CN(Cc4ccccc4)CCO3)c2nc1C. The van der Waals surface area contributed by atoms with Crippen LogP contribution in [0.2, 0.25) is 0 Å². The highest BCUT2D eigenvalue weighted by Gasteiger charge is 2.21. The van der Waals surface area contributed by atoms with Crippen molar-refractivity contribution < 1.29 is 4.74 Å². The van der Waals surface area contributed by atoms with Gasteiger partial charge >= 0.3 is 0 Å². The minimum absolute atomic E-state index is 0.104. The summed E-state index contributed by atoms with van der Waals surface area (Å²) in [6.07, 6.45) is 1.63. The Morgan fingerprint density at radius 1 is 1.11 bits per heavy atom. The molecular formula is C20H24N6O. The quantitative estimate of drug-likeness (QED) is 0.745. The van der Waals surface area contributed by atoms with Gasteiger partial charge in [0.1, 0.15) is 6.33 Å². The smallest absolute Gasteiger partial charge is 0.183 e. The molecule has 4 rings (SSSR count). The van der Waals surface area contributed by atoms with Crippen molar-refractivity contribution in [3.05, 3.63) is 53.6 Å². The van der Waals surface area contributed by atoms with Crippen LogP contribution in [0.25, 0.3) is 11.2 Å². The second kappa shape index (κ2) is 7.94. The summed E-state index contributed by atoms with van der Waals surface area (Å²) in [6.45, 7) is 8.08. The average Bonchev–Trinajstić information content (AvgIpc) is 2.68. The fourth-order valence-electron chi connectivity index (χ4n) is 3.27. The molecular weight excluding hydrogens is 340 g/mol. The Labute approximate surface area is 158 Å². The molecule has 0 radical (unpaired) electrons. The molecule has 0 bridgehead atoms. The summed E-state index contributed by atoms with van der Waals surface area (Å²) in [5.74, 6) is 0.708. The van der Waals surface area contributed by atoms with Crippen molar-refractivity contribution in [2.24, 2.45) is 0 Å². The van der Waals surface area contributed by atoms with Crippen molar-refractivity contribution in [2.45, 2.75) is 26.5 Å². The van der Waals surface area contributed by atoms with Crippen LogP contribution in [0.1, 0.15) is 17.0 Å². The molecule has 1 fully saturated rings. The Morgan fingerprint density at radius 3 is 2.78 bits per heavy atom. The molecule has 2 aromatic heterocycles. The second-order valence-corrected chi connectivity index (χ2v) is 6.88. The summed E-state index contributed by atoms with van der Waals surface area (Å²) in [5.41, 5.74) is 4.43. The lowest BCUT2D eigenvalue weighted by atomic mass is 10.2. The molecule has 0 spiro atoms. The summed E-state index contributed by atoms with van der Waals surface area (Å²) >= 11 is 0. The number of ether oxygens (including phenoxy) is 1. The van der Waals surface area contributed by atoms with Crippen molar-refractivity contribution >= 4 is 17.0 Å². The van der Waals surface area contributed by atoms with E-state index in [4.69, 9.17) is 4.74 Å². The molecule has 0 amide bonds. The van der Waals surface area contributed by atoms with Crippen molar-refractivity contribution in [1.29, 1.82) is 0 Å². The van der Waals surface area contributed by atoms with Gasteiger partial charge in [-0.25, -0.2) is 19.9 Å². The number of anilines is 1. The molecule has 3 heterocycles. The number of hydrogen-bond acceptors (Lipinski definition) is 7. The van der Waals surface area contributed by atoms with E-state index in [2.05, 4.69) is 54.4 Å². The van der Waals surface area contributed by atoms with E-state index in [-0.39, 0.29) is 6.10 Å². The summed E-state index contributed by atoms with van der Waals surface area (Å²) in [4.78, 5) is 20.1. The highest BCUT2D eigenvalue weighted by molar-refractivity contribution is 5.82. The van der Waals surface area contributed by atoms with Gasteiger partial charge in [0.15, 0.2) is 17.0 Å². The first-order valence-electron chi connectivity index (χ1n) is 9.27. The lowest BCUT2D eigenvalue weighted by Gasteiger charge is -2.33. The monoisotopic (exact) mass is 364 g/mol. The molecule has 1 N–H and O–H groups in total. The van der Waals surface area contributed by atoms with E-state index >= 15 is 0 Å². The first kappa shape index (κ1) is 17.8. The number of nitrogens with zero attached hydrogens (tertiary/aromatic N) is 5. The van der Waals surface area contributed by atoms with Gasteiger partial charge in [0.2, 0.25) is 0 Å². The molecule has 1 aromatic carbocycles. The Morgan fingerprint density at radius 2 is 1.93 bits per heavy atom. The van der Waals surface area contributed by atoms with Crippen LogP contribution in [0.3, 0.4) is 0 Å². The van der Waals surface area contributed by atoms with Gasteiger partial charge in [-0.15, -0.1) is 0 Å². The van der Waals surface area contributed by atoms with E-state index in [0.29, 0.717) is 23.5 Å². The number of hydrogen-bond donors (Lipinski definition) is 1. The number of nitrogens with one attached hydrogen (secondary N) is 1. The van der Waals surface area contributed by atoms with E-state index in [1.54, 1.807) is 0 Å². The maximum Gasteiger partial charge on any atom is 0.183 e. The van der Waals surface area contributed by atoms with Gasteiger partial charge in [0.05, 0.1) is 24.1 Å². The summed E-state index contributed by atoms with van der Waals surface area (Å²) < 4.78 is 5.94. The predicted molar refractivity (Wildman–Crippen MR) is 105 cm³/mol. The van der Waals surface area contributed by atoms with E-state index in [1.165, 1.54) is 11.9 Å². The Balaban J connectivity index is 1.41. The predicted octanol–water partition coefficient (Wildman–Crippen LogP) is 2.35. The normalized spacial score (nSPS) is 17.9. The zero-order valence-electron chi connectivity index (χ0n) is 15.7. The topological polar surface area (TPSA) is 76.1 Å². The van der Waals surface area contributed by atoms with Crippen LogP contribution in [0.5, 0.6) is 0 Å². The average molecular weight is 364 g/mol. The number of aryl methyl sites for hydroxylation is 2. The Hall–Kier alpha value is -2.64. The second-order valence-electron chi connectivity index (χ2n) is 6.88. The first-order chi connectivity index (χ1) is 13.2. The minimum Gasteiger partial charge on any atom is -0.374 e.